The van der Waals surface area contributed by atoms with Gasteiger partial charge in [0.1, 0.15) is 11.5 Å². The van der Waals surface area contributed by atoms with Crippen molar-refractivity contribution in [2.75, 3.05) is 24.3 Å². The fraction of sp³-hybridized carbons (Fsp3) is 0.174. The van der Waals surface area contributed by atoms with E-state index in [1.807, 2.05) is 6.92 Å². The first-order chi connectivity index (χ1) is 15.2. The molecule has 7 nitrogen and oxygen atoms in total. The van der Waals surface area contributed by atoms with Crippen molar-refractivity contribution in [1.29, 1.82) is 0 Å². The normalized spacial score (nSPS) is 11.0. The third kappa shape index (κ3) is 4.98. The molecular formula is C23H23ClN2O5S. The minimum atomic E-state index is -3.81. The summed E-state index contributed by atoms with van der Waals surface area (Å²) in [7, 11) is -0.888. The molecule has 0 bridgehead atoms. The Morgan fingerprint density at radius 3 is 2.19 bits per heavy atom. The first kappa shape index (κ1) is 23.4. The molecule has 3 aromatic carbocycles. The second-order valence-electron chi connectivity index (χ2n) is 7.04. The number of anilines is 2. The van der Waals surface area contributed by atoms with Gasteiger partial charge in [-0.05, 0) is 43.7 Å². The summed E-state index contributed by atoms with van der Waals surface area (Å²) >= 11 is 6.12. The monoisotopic (exact) mass is 474 g/mol. The maximum absolute atomic E-state index is 13.0. The van der Waals surface area contributed by atoms with Crippen LogP contribution in [0.25, 0.3) is 0 Å². The predicted molar refractivity (Wildman–Crippen MR) is 126 cm³/mol. The van der Waals surface area contributed by atoms with Crippen molar-refractivity contribution in [2.24, 2.45) is 0 Å². The molecule has 0 heterocycles. The van der Waals surface area contributed by atoms with Crippen LogP contribution in [0.3, 0.4) is 0 Å². The summed E-state index contributed by atoms with van der Waals surface area (Å²) in [6.45, 7) is 3.54. The Hall–Kier alpha value is -3.23. The fourth-order valence-electron chi connectivity index (χ4n) is 3.06. The number of sulfonamides is 1. The van der Waals surface area contributed by atoms with E-state index in [4.69, 9.17) is 21.1 Å². The molecule has 3 aromatic rings. The third-order valence-corrected chi connectivity index (χ3v) is 6.55. The molecule has 32 heavy (non-hydrogen) atoms. The summed E-state index contributed by atoms with van der Waals surface area (Å²) in [5.74, 6) is 0.290. The average Bonchev–Trinajstić information content (AvgIpc) is 2.76. The molecule has 0 radical (unpaired) electrons. The molecule has 3 rings (SSSR count). The Balaban J connectivity index is 1.90. The Morgan fingerprint density at radius 1 is 0.906 bits per heavy atom. The Kier molecular flexibility index (Phi) is 6.96. The summed E-state index contributed by atoms with van der Waals surface area (Å²) < 4.78 is 38.6. The highest BCUT2D eigenvalue weighted by Gasteiger charge is 2.19. The van der Waals surface area contributed by atoms with Crippen molar-refractivity contribution >= 4 is 38.9 Å². The summed E-state index contributed by atoms with van der Waals surface area (Å²) in [4.78, 5) is 13.1. The Morgan fingerprint density at radius 2 is 1.56 bits per heavy atom. The van der Waals surface area contributed by atoms with Crippen LogP contribution in [0.1, 0.15) is 21.5 Å². The van der Waals surface area contributed by atoms with Crippen molar-refractivity contribution in [2.45, 2.75) is 18.7 Å². The maximum Gasteiger partial charge on any atom is 0.261 e. The predicted octanol–water partition coefficient (Wildman–Crippen LogP) is 5.03. The van der Waals surface area contributed by atoms with Crippen LogP contribution < -0.4 is 19.5 Å². The molecule has 0 unspecified atom stereocenters. The number of aryl methyl sites for hydroxylation is 1. The first-order valence-electron chi connectivity index (χ1n) is 9.58. The Bertz CT molecular complexity index is 1260. The van der Waals surface area contributed by atoms with Crippen molar-refractivity contribution < 1.29 is 22.7 Å². The number of halogens is 1. The number of carbonyl (C=O) groups is 1. The molecular weight excluding hydrogens is 452 g/mol. The largest absolute Gasteiger partial charge is 0.495 e. The quantitative estimate of drug-likeness (QED) is 0.501. The van der Waals surface area contributed by atoms with Crippen molar-refractivity contribution in [3.05, 3.63) is 76.3 Å². The van der Waals surface area contributed by atoms with Crippen LogP contribution in [0.2, 0.25) is 5.02 Å². The highest BCUT2D eigenvalue weighted by molar-refractivity contribution is 7.92. The molecule has 168 valence electrons. The van der Waals surface area contributed by atoms with Crippen LogP contribution in [0, 0.1) is 13.8 Å². The van der Waals surface area contributed by atoms with Crippen LogP contribution in [0.15, 0.2) is 59.5 Å². The number of methoxy groups -OCH3 is 2. The summed E-state index contributed by atoms with van der Waals surface area (Å²) in [6.07, 6.45) is 0. The topological polar surface area (TPSA) is 93.7 Å². The number of rotatable bonds is 7. The van der Waals surface area contributed by atoms with Crippen molar-refractivity contribution in [3.63, 3.8) is 0 Å². The zero-order valence-electron chi connectivity index (χ0n) is 18.0. The Labute approximate surface area is 192 Å². The molecule has 0 aliphatic carbocycles. The standard InChI is InChI=1S/C23H23ClN2O5S/c1-14-8-10-16(11-9-14)32(28,29)26-19-7-5-6-17(15(19)2)23(27)25-20-13-21(30-3)18(24)12-22(20)31-4/h5-13,26H,1-4H3,(H,25,27). The van der Waals surface area contributed by atoms with Crippen molar-refractivity contribution in [3.8, 4) is 11.5 Å². The second kappa shape index (κ2) is 9.50. The highest BCUT2D eigenvalue weighted by atomic mass is 35.5. The SMILES string of the molecule is COc1cc(NC(=O)c2cccc(NS(=O)(=O)c3ccc(C)cc3)c2C)c(OC)cc1Cl. The lowest BCUT2D eigenvalue weighted by Crippen LogP contribution is -2.17. The van der Waals surface area contributed by atoms with E-state index in [9.17, 15) is 13.2 Å². The molecule has 0 fully saturated rings. The molecule has 0 spiro atoms. The number of hydrogen-bond donors (Lipinski definition) is 2. The van der Waals surface area contributed by atoms with Gasteiger partial charge in [-0.1, -0.05) is 35.4 Å². The molecule has 9 heteroatoms. The van der Waals surface area contributed by atoms with Crippen LogP contribution in [0.4, 0.5) is 11.4 Å². The molecule has 1 amide bonds. The van der Waals surface area contributed by atoms with E-state index in [1.54, 1.807) is 43.3 Å². The van der Waals surface area contributed by atoms with E-state index >= 15 is 0 Å². The van der Waals surface area contributed by atoms with Gasteiger partial charge in [0, 0.05) is 17.7 Å². The van der Waals surface area contributed by atoms with Crippen LogP contribution in [0.5, 0.6) is 11.5 Å². The van der Waals surface area contributed by atoms with Gasteiger partial charge in [-0.2, -0.15) is 0 Å². The number of amides is 1. The number of ether oxygens (including phenoxy) is 2. The van der Waals surface area contributed by atoms with Gasteiger partial charge in [0.2, 0.25) is 0 Å². The molecule has 0 atom stereocenters. The van der Waals surface area contributed by atoms with E-state index < -0.39 is 15.9 Å². The van der Waals surface area contributed by atoms with E-state index in [2.05, 4.69) is 10.0 Å². The summed E-state index contributed by atoms with van der Waals surface area (Å²) in [5, 5.41) is 3.11. The third-order valence-electron chi connectivity index (χ3n) is 4.88. The summed E-state index contributed by atoms with van der Waals surface area (Å²) in [6, 6.07) is 14.4. The van der Waals surface area contributed by atoms with E-state index in [-0.39, 0.29) is 4.90 Å². The molecule has 2 N–H and O–H groups in total. The molecule has 0 aromatic heterocycles. The first-order valence-corrected chi connectivity index (χ1v) is 11.4. The zero-order valence-corrected chi connectivity index (χ0v) is 19.6. The zero-order chi connectivity index (χ0) is 23.5. The van der Waals surface area contributed by atoms with E-state index in [0.29, 0.717) is 39.0 Å². The number of nitrogens with one attached hydrogen (secondary N) is 2. The lowest BCUT2D eigenvalue weighted by atomic mass is 10.1. The molecule has 0 aliphatic heterocycles. The number of hydrogen-bond acceptors (Lipinski definition) is 5. The van der Waals surface area contributed by atoms with Gasteiger partial charge >= 0.3 is 0 Å². The minimum Gasteiger partial charge on any atom is -0.495 e. The smallest absolute Gasteiger partial charge is 0.261 e. The van der Waals surface area contributed by atoms with Gasteiger partial charge in [-0.25, -0.2) is 8.42 Å². The summed E-state index contributed by atoms with van der Waals surface area (Å²) in [5.41, 5.74) is 2.39. The number of carbonyl (C=O) groups excluding carboxylic acids is 1. The van der Waals surface area contributed by atoms with Gasteiger partial charge in [0.15, 0.2) is 0 Å². The van der Waals surface area contributed by atoms with Gasteiger partial charge < -0.3 is 14.8 Å². The maximum atomic E-state index is 13.0. The van der Waals surface area contributed by atoms with Crippen LogP contribution >= 0.6 is 11.6 Å². The van der Waals surface area contributed by atoms with E-state index in [1.165, 1.54) is 32.4 Å². The van der Waals surface area contributed by atoms with Gasteiger partial charge in [-0.15, -0.1) is 0 Å². The highest BCUT2D eigenvalue weighted by Crippen LogP contribution is 2.36. The molecule has 0 aliphatic rings. The number of benzene rings is 3. The molecule has 0 saturated heterocycles. The minimum absolute atomic E-state index is 0.135. The van der Waals surface area contributed by atoms with Gasteiger partial charge in [0.05, 0.1) is 35.5 Å². The van der Waals surface area contributed by atoms with Crippen molar-refractivity contribution in [1.82, 2.24) is 0 Å². The lowest BCUT2D eigenvalue weighted by Gasteiger charge is -2.16. The average molecular weight is 475 g/mol. The second-order valence-corrected chi connectivity index (χ2v) is 9.13. The van der Waals surface area contributed by atoms with Gasteiger partial charge in [-0.3, -0.25) is 9.52 Å². The van der Waals surface area contributed by atoms with Crippen LogP contribution in [-0.2, 0) is 10.0 Å². The lowest BCUT2D eigenvalue weighted by molar-refractivity contribution is 0.102. The van der Waals surface area contributed by atoms with Crippen LogP contribution in [-0.4, -0.2) is 28.5 Å². The van der Waals surface area contributed by atoms with Gasteiger partial charge in [0.25, 0.3) is 15.9 Å². The van der Waals surface area contributed by atoms with E-state index in [0.717, 1.165) is 5.56 Å². The molecule has 0 saturated carbocycles. The fourth-order valence-corrected chi connectivity index (χ4v) is 4.41.